The molecule has 3 N–H and O–H groups in total. The van der Waals surface area contributed by atoms with E-state index < -0.39 is 11.9 Å². The van der Waals surface area contributed by atoms with E-state index in [-0.39, 0.29) is 18.1 Å². The lowest BCUT2D eigenvalue weighted by Crippen LogP contribution is -2.58. The fourth-order valence-electron chi connectivity index (χ4n) is 5.00. The Balaban J connectivity index is 1.41. The number of hydrogen-bond donors (Lipinski definition) is 3. The van der Waals surface area contributed by atoms with E-state index in [1.165, 1.54) is 12.8 Å². The Bertz CT molecular complexity index is 691. The number of fused-ring (bicyclic) bond motifs is 2. The fourth-order valence-corrected chi connectivity index (χ4v) is 5.00. The second-order valence-electron chi connectivity index (χ2n) is 7.77. The Kier molecular flexibility index (Phi) is 4.85. The molecule has 1 aromatic rings. The zero-order chi connectivity index (χ0) is 18.1. The maximum atomic E-state index is 12.6. The predicted octanol–water partition coefficient (Wildman–Crippen LogP) is 2.62. The number of urea groups is 1. The number of piperidine rings is 2. The van der Waals surface area contributed by atoms with Gasteiger partial charge in [0.15, 0.2) is 0 Å². The van der Waals surface area contributed by atoms with E-state index in [9.17, 15) is 14.7 Å². The van der Waals surface area contributed by atoms with Crippen molar-refractivity contribution in [3.8, 4) is 0 Å². The lowest BCUT2D eigenvalue weighted by molar-refractivity contribution is -0.138. The Labute approximate surface area is 153 Å². The van der Waals surface area contributed by atoms with Crippen LogP contribution in [0.25, 0.3) is 0 Å². The molecule has 6 nitrogen and oxygen atoms in total. The molecule has 0 bridgehead atoms. The topological polar surface area (TPSA) is 81.7 Å². The van der Waals surface area contributed by atoms with Gasteiger partial charge in [-0.05, 0) is 56.3 Å². The van der Waals surface area contributed by atoms with Gasteiger partial charge in [0.05, 0.1) is 12.0 Å². The predicted molar refractivity (Wildman–Crippen MR) is 98.1 cm³/mol. The maximum absolute atomic E-state index is 12.6. The normalized spacial score (nSPS) is 30.9. The Morgan fingerprint density at radius 1 is 1.00 bits per heavy atom. The van der Waals surface area contributed by atoms with Gasteiger partial charge in [0.2, 0.25) is 0 Å². The van der Waals surface area contributed by atoms with Crippen molar-refractivity contribution in [2.24, 2.45) is 0 Å². The van der Waals surface area contributed by atoms with Gasteiger partial charge in [-0.3, -0.25) is 9.69 Å². The summed E-state index contributed by atoms with van der Waals surface area (Å²) in [5.74, 6) is -1.37. The van der Waals surface area contributed by atoms with E-state index in [4.69, 9.17) is 0 Å². The molecule has 0 radical (unpaired) electrons. The number of carbonyl (C=O) groups excluding carboxylic acids is 1. The van der Waals surface area contributed by atoms with Crippen LogP contribution in [0.4, 0.5) is 4.79 Å². The Hall–Kier alpha value is -2.08. The summed E-state index contributed by atoms with van der Waals surface area (Å²) in [5, 5.41) is 15.7. The van der Waals surface area contributed by atoms with E-state index in [1.807, 2.05) is 24.3 Å². The highest BCUT2D eigenvalue weighted by Gasteiger charge is 2.37. The van der Waals surface area contributed by atoms with Crippen LogP contribution in [0.2, 0.25) is 0 Å². The zero-order valence-electron chi connectivity index (χ0n) is 15.0. The molecule has 2 heterocycles. The molecule has 6 heteroatoms. The summed E-state index contributed by atoms with van der Waals surface area (Å²) in [6.45, 7) is 2.28. The molecule has 1 aliphatic carbocycles. The van der Waals surface area contributed by atoms with Crippen molar-refractivity contribution in [3.63, 3.8) is 0 Å². The van der Waals surface area contributed by atoms with Gasteiger partial charge >= 0.3 is 12.0 Å². The molecule has 0 spiro atoms. The van der Waals surface area contributed by atoms with Crippen molar-refractivity contribution < 1.29 is 14.7 Å². The summed E-state index contributed by atoms with van der Waals surface area (Å²) in [5.41, 5.74) is 1.75. The summed E-state index contributed by atoms with van der Waals surface area (Å²) in [4.78, 5) is 26.7. The number of carboxylic acids is 1. The highest BCUT2D eigenvalue weighted by atomic mass is 16.4. The summed E-state index contributed by atoms with van der Waals surface area (Å²) in [6, 6.07) is 7.77. The van der Waals surface area contributed by atoms with Gasteiger partial charge in [0, 0.05) is 12.1 Å². The number of carboxylic acid groups (broad SMARTS) is 1. The molecule has 0 saturated carbocycles. The summed E-state index contributed by atoms with van der Waals surface area (Å²) in [7, 11) is 0. The van der Waals surface area contributed by atoms with Gasteiger partial charge in [0.1, 0.15) is 0 Å². The van der Waals surface area contributed by atoms with Crippen LogP contribution >= 0.6 is 0 Å². The molecule has 4 atom stereocenters. The average Bonchev–Trinajstić information content (AvgIpc) is 3.01. The molecule has 4 rings (SSSR count). The van der Waals surface area contributed by atoms with Crippen molar-refractivity contribution in [3.05, 3.63) is 35.4 Å². The lowest BCUT2D eigenvalue weighted by atomic mass is 9.89. The van der Waals surface area contributed by atoms with Gasteiger partial charge in [-0.15, -0.1) is 0 Å². The molecule has 2 saturated heterocycles. The first-order valence-corrected chi connectivity index (χ1v) is 9.76. The van der Waals surface area contributed by atoms with Crippen LogP contribution in [0.5, 0.6) is 0 Å². The number of aliphatic carboxylic acids is 1. The van der Waals surface area contributed by atoms with E-state index in [1.54, 1.807) is 0 Å². The van der Waals surface area contributed by atoms with Crippen LogP contribution in [0.1, 0.15) is 61.6 Å². The molecule has 2 fully saturated rings. The highest BCUT2D eigenvalue weighted by molar-refractivity contribution is 5.80. The number of nitrogens with zero attached hydrogens (tertiary/aromatic N) is 1. The number of carbonyl (C=O) groups is 2. The molecule has 140 valence electrons. The van der Waals surface area contributed by atoms with Crippen molar-refractivity contribution in [2.75, 3.05) is 13.1 Å². The molecular weight excluding hydrogens is 330 g/mol. The summed E-state index contributed by atoms with van der Waals surface area (Å²) >= 11 is 0. The molecule has 2 aliphatic heterocycles. The minimum absolute atomic E-state index is 0.173. The largest absolute Gasteiger partial charge is 0.481 e. The highest BCUT2D eigenvalue weighted by Crippen LogP contribution is 2.40. The van der Waals surface area contributed by atoms with Crippen LogP contribution in [0.3, 0.4) is 0 Å². The number of amides is 2. The van der Waals surface area contributed by atoms with Gasteiger partial charge in [-0.25, -0.2) is 4.79 Å². The van der Waals surface area contributed by atoms with Gasteiger partial charge in [-0.1, -0.05) is 30.7 Å². The summed E-state index contributed by atoms with van der Waals surface area (Å²) < 4.78 is 0. The van der Waals surface area contributed by atoms with E-state index in [0.717, 1.165) is 43.5 Å². The smallest absolute Gasteiger partial charge is 0.315 e. The van der Waals surface area contributed by atoms with E-state index >= 15 is 0 Å². The van der Waals surface area contributed by atoms with Crippen LogP contribution in [-0.4, -0.2) is 47.2 Å². The first-order chi connectivity index (χ1) is 12.6. The van der Waals surface area contributed by atoms with E-state index in [0.29, 0.717) is 12.5 Å². The molecule has 2 amide bonds. The monoisotopic (exact) mass is 357 g/mol. The van der Waals surface area contributed by atoms with Crippen molar-refractivity contribution >= 4 is 12.0 Å². The lowest BCUT2D eigenvalue weighted by Gasteiger charge is -2.44. The quantitative estimate of drug-likeness (QED) is 0.777. The third-order valence-electron chi connectivity index (χ3n) is 6.23. The van der Waals surface area contributed by atoms with Crippen LogP contribution in [0, 0.1) is 0 Å². The molecule has 4 unspecified atom stereocenters. The first kappa shape index (κ1) is 17.3. The zero-order valence-corrected chi connectivity index (χ0v) is 15.0. The van der Waals surface area contributed by atoms with Crippen molar-refractivity contribution in [2.45, 2.75) is 62.6 Å². The summed E-state index contributed by atoms with van der Waals surface area (Å²) in [6.07, 6.45) is 6.20. The van der Waals surface area contributed by atoms with Gasteiger partial charge in [-0.2, -0.15) is 0 Å². The van der Waals surface area contributed by atoms with Crippen LogP contribution < -0.4 is 10.6 Å². The second-order valence-corrected chi connectivity index (χ2v) is 7.77. The molecule has 1 aromatic carbocycles. The first-order valence-electron chi connectivity index (χ1n) is 9.76. The van der Waals surface area contributed by atoms with Gasteiger partial charge in [0.25, 0.3) is 0 Å². The van der Waals surface area contributed by atoms with Gasteiger partial charge < -0.3 is 15.7 Å². The average molecular weight is 357 g/mol. The molecule has 3 aliphatic rings. The maximum Gasteiger partial charge on any atom is 0.315 e. The Morgan fingerprint density at radius 3 is 2.58 bits per heavy atom. The van der Waals surface area contributed by atoms with Crippen molar-refractivity contribution in [1.82, 2.24) is 15.5 Å². The van der Waals surface area contributed by atoms with Crippen LogP contribution in [-0.2, 0) is 4.79 Å². The molecular formula is C20H27N3O3. The van der Waals surface area contributed by atoms with Crippen molar-refractivity contribution in [1.29, 1.82) is 0 Å². The standard InChI is InChI=1S/C20H27N3O3/c24-19(25)15-12-17(14-7-2-1-6-13(14)15)22-20(26)21-16-8-5-11-23-10-4-3-9-18(16)23/h1-2,6-7,15-18H,3-5,8-12H2,(H,24,25)(H2,21,22,26). The minimum Gasteiger partial charge on any atom is -0.481 e. The SMILES string of the molecule is O=C(NC1CC(C(=O)O)c2ccccc21)NC1CCCN2CCCCC12. The molecule has 26 heavy (non-hydrogen) atoms. The third-order valence-corrected chi connectivity index (χ3v) is 6.23. The minimum atomic E-state index is -0.827. The molecule has 0 aromatic heterocycles. The fraction of sp³-hybridized carbons (Fsp3) is 0.600. The number of nitrogens with one attached hydrogen (secondary N) is 2. The number of hydrogen-bond acceptors (Lipinski definition) is 3. The van der Waals surface area contributed by atoms with E-state index in [2.05, 4.69) is 15.5 Å². The number of rotatable bonds is 3. The number of benzene rings is 1. The van der Waals surface area contributed by atoms with Crippen LogP contribution in [0.15, 0.2) is 24.3 Å². The third kappa shape index (κ3) is 3.30. The second kappa shape index (κ2) is 7.27. The Morgan fingerprint density at radius 2 is 1.77 bits per heavy atom.